The fourth-order valence-electron chi connectivity index (χ4n) is 10.1. The fraction of sp³-hybridized carbons (Fsp3) is 0.105. The van der Waals surface area contributed by atoms with E-state index in [0.717, 1.165) is 49.8 Å². The lowest BCUT2D eigenvalue weighted by Crippen LogP contribution is -2.28. The van der Waals surface area contributed by atoms with Crippen LogP contribution in [-0.2, 0) is 5.41 Å². The number of nitrogens with zero attached hydrogens (tertiary/aromatic N) is 3. The third kappa shape index (κ3) is 6.09. The maximum atomic E-state index is 6.16. The van der Waals surface area contributed by atoms with Crippen molar-refractivity contribution >= 4 is 21.9 Å². The van der Waals surface area contributed by atoms with Crippen LogP contribution in [0.4, 0.5) is 0 Å². The monoisotopic (exact) mass is 783 g/mol. The van der Waals surface area contributed by atoms with Crippen molar-refractivity contribution in [2.24, 2.45) is 0 Å². The lowest BCUT2D eigenvalue weighted by atomic mass is 9.67. The smallest absolute Gasteiger partial charge is 0.164 e. The normalized spacial score (nSPS) is 14.0. The van der Waals surface area contributed by atoms with Crippen molar-refractivity contribution in [1.82, 2.24) is 15.0 Å². The Labute approximate surface area is 355 Å². The zero-order valence-corrected chi connectivity index (χ0v) is 33.7. The fourth-order valence-corrected chi connectivity index (χ4v) is 10.1. The van der Waals surface area contributed by atoms with Crippen LogP contribution in [0.3, 0.4) is 0 Å². The Bertz CT molecular complexity index is 3270. The van der Waals surface area contributed by atoms with Crippen molar-refractivity contribution in [1.29, 1.82) is 0 Å². The van der Waals surface area contributed by atoms with Gasteiger partial charge in [-0.1, -0.05) is 171 Å². The first kappa shape index (κ1) is 35.5. The van der Waals surface area contributed by atoms with Gasteiger partial charge in [0, 0.05) is 32.9 Å². The summed E-state index contributed by atoms with van der Waals surface area (Å²) in [5.41, 5.74) is 17.6. The molecule has 0 amide bonds. The maximum Gasteiger partial charge on any atom is 0.164 e. The van der Waals surface area contributed by atoms with Crippen LogP contribution in [0.5, 0.6) is 0 Å². The van der Waals surface area contributed by atoms with E-state index < -0.39 is 0 Å². The molecule has 0 saturated heterocycles. The summed E-state index contributed by atoms with van der Waals surface area (Å²) in [6.45, 7) is 0. The van der Waals surface area contributed by atoms with E-state index in [9.17, 15) is 0 Å². The second kappa shape index (κ2) is 14.4. The minimum absolute atomic E-state index is 0.133. The van der Waals surface area contributed by atoms with Gasteiger partial charge < -0.3 is 4.42 Å². The second-order valence-electron chi connectivity index (χ2n) is 16.7. The summed E-state index contributed by atoms with van der Waals surface area (Å²) >= 11 is 0. The molecule has 0 aliphatic heterocycles. The Hall–Kier alpha value is -7.43. The molecule has 0 radical (unpaired) electrons. The molecule has 61 heavy (non-hydrogen) atoms. The van der Waals surface area contributed by atoms with E-state index in [1.165, 1.54) is 76.6 Å². The van der Waals surface area contributed by atoms with E-state index in [4.69, 9.17) is 19.4 Å². The summed E-state index contributed by atoms with van der Waals surface area (Å²) in [5, 5.41) is 2.11. The first-order valence-electron chi connectivity index (χ1n) is 21.5. The summed E-state index contributed by atoms with van der Waals surface area (Å²) in [7, 11) is 0. The van der Waals surface area contributed by atoms with E-state index in [0.29, 0.717) is 17.5 Å². The van der Waals surface area contributed by atoms with Crippen LogP contribution in [0.1, 0.15) is 43.2 Å². The van der Waals surface area contributed by atoms with Gasteiger partial charge in [-0.15, -0.1) is 0 Å². The number of furan rings is 1. The quantitative estimate of drug-likeness (QED) is 0.169. The first-order valence-corrected chi connectivity index (χ1v) is 21.5. The molecule has 2 aliphatic carbocycles. The van der Waals surface area contributed by atoms with E-state index in [2.05, 4.69) is 152 Å². The Kier molecular flexibility index (Phi) is 8.38. The van der Waals surface area contributed by atoms with Gasteiger partial charge in [-0.25, -0.2) is 15.0 Å². The summed E-state index contributed by atoms with van der Waals surface area (Å²) in [6.07, 6.45) is 6.37. The van der Waals surface area contributed by atoms with Crippen molar-refractivity contribution in [2.45, 2.75) is 37.5 Å². The molecule has 2 heterocycles. The molecule has 12 rings (SSSR count). The molecule has 4 heteroatoms. The molecule has 290 valence electrons. The van der Waals surface area contributed by atoms with Gasteiger partial charge in [-0.05, 0) is 105 Å². The van der Waals surface area contributed by atoms with Crippen molar-refractivity contribution in [3.05, 3.63) is 199 Å². The average Bonchev–Trinajstić information content (AvgIpc) is 3.84. The summed E-state index contributed by atoms with van der Waals surface area (Å²) < 4.78 is 6.16. The van der Waals surface area contributed by atoms with Gasteiger partial charge in [0.05, 0.1) is 0 Å². The maximum absolute atomic E-state index is 6.16. The Morgan fingerprint density at radius 2 is 0.836 bits per heavy atom. The largest absolute Gasteiger partial charge is 0.456 e. The predicted octanol–water partition coefficient (Wildman–Crippen LogP) is 15.0. The molecule has 1 spiro atoms. The van der Waals surface area contributed by atoms with Gasteiger partial charge >= 0.3 is 0 Å². The number of para-hydroxylation sites is 1. The van der Waals surface area contributed by atoms with Crippen LogP contribution in [0.15, 0.2) is 192 Å². The van der Waals surface area contributed by atoms with E-state index in [-0.39, 0.29) is 5.41 Å². The number of aromatic nitrogens is 3. The van der Waals surface area contributed by atoms with Crippen LogP contribution in [-0.4, -0.2) is 15.0 Å². The SMILES string of the molecule is c1ccc(-c2ccc(-c3nc(-c4ccc(-c5cccc(-c6ccc7c(c6)C6(CCCCC6)c6ccccc6-7)c5)cc4)nc(-c4ccc5oc6ccccc6c5c4)n3)cc2)cc1. The zero-order chi connectivity index (χ0) is 40.3. The van der Waals surface area contributed by atoms with Crippen LogP contribution in [0, 0.1) is 0 Å². The number of benzene rings is 8. The van der Waals surface area contributed by atoms with Crippen LogP contribution < -0.4 is 0 Å². The molecule has 2 aromatic heterocycles. The highest BCUT2D eigenvalue weighted by Crippen LogP contribution is 2.56. The molecule has 0 bridgehead atoms. The average molecular weight is 784 g/mol. The predicted molar refractivity (Wildman–Crippen MR) is 249 cm³/mol. The second-order valence-corrected chi connectivity index (χ2v) is 16.7. The molecule has 1 saturated carbocycles. The molecular formula is C57H41N3O. The van der Waals surface area contributed by atoms with E-state index in [1.54, 1.807) is 0 Å². The molecule has 4 nitrogen and oxygen atoms in total. The number of hydrogen-bond acceptors (Lipinski definition) is 4. The standard InChI is InChI=1S/C57H41N3O/c1-3-12-37(13-4-1)38-20-24-40(25-21-38)54-58-55(60-56(59-54)45-29-31-53-49(35-45)48-17-6-8-19-52(48)61-53)41-26-22-39(23-27-41)42-14-11-15-43(34-42)44-28-30-47-46-16-5-7-18-50(46)57(51(47)36-44)32-9-2-10-33-57/h1,3-8,11-31,34-36H,2,9-10,32-33H2. The highest BCUT2D eigenvalue weighted by Gasteiger charge is 2.43. The molecule has 2 aliphatic rings. The molecule has 0 atom stereocenters. The number of rotatable bonds is 6. The summed E-state index contributed by atoms with van der Waals surface area (Å²) in [6, 6.07) is 67.2. The van der Waals surface area contributed by atoms with Gasteiger partial charge in [0.15, 0.2) is 17.5 Å². The van der Waals surface area contributed by atoms with Gasteiger partial charge in [0.25, 0.3) is 0 Å². The van der Waals surface area contributed by atoms with Crippen LogP contribution in [0.2, 0.25) is 0 Å². The van der Waals surface area contributed by atoms with Crippen molar-refractivity contribution in [2.75, 3.05) is 0 Å². The van der Waals surface area contributed by atoms with E-state index in [1.807, 2.05) is 36.4 Å². The van der Waals surface area contributed by atoms with Gasteiger partial charge in [0.1, 0.15) is 11.2 Å². The van der Waals surface area contributed by atoms with Crippen molar-refractivity contribution in [3.63, 3.8) is 0 Å². The van der Waals surface area contributed by atoms with Gasteiger partial charge in [0.2, 0.25) is 0 Å². The van der Waals surface area contributed by atoms with E-state index >= 15 is 0 Å². The van der Waals surface area contributed by atoms with Crippen LogP contribution in [0.25, 0.3) is 101 Å². The van der Waals surface area contributed by atoms with Crippen molar-refractivity contribution in [3.8, 4) is 78.7 Å². The lowest BCUT2D eigenvalue weighted by Gasteiger charge is -2.36. The van der Waals surface area contributed by atoms with Crippen molar-refractivity contribution < 1.29 is 4.42 Å². The molecular weight excluding hydrogens is 743 g/mol. The number of fused-ring (bicyclic) bond motifs is 8. The Morgan fingerprint density at radius 1 is 0.328 bits per heavy atom. The molecule has 10 aromatic rings. The number of hydrogen-bond donors (Lipinski definition) is 0. The minimum Gasteiger partial charge on any atom is -0.456 e. The molecule has 1 fully saturated rings. The first-order chi connectivity index (χ1) is 30.2. The third-order valence-corrected chi connectivity index (χ3v) is 13.2. The summed E-state index contributed by atoms with van der Waals surface area (Å²) in [5.74, 6) is 1.87. The van der Waals surface area contributed by atoms with Crippen LogP contribution >= 0.6 is 0 Å². The minimum atomic E-state index is 0.133. The Morgan fingerprint density at radius 3 is 1.59 bits per heavy atom. The highest BCUT2D eigenvalue weighted by molar-refractivity contribution is 6.06. The Balaban J connectivity index is 0.903. The van der Waals surface area contributed by atoms with Gasteiger partial charge in [-0.3, -0.25) is 0 Å². The van der Waals surface area contributed by atoms with Gasteiger partial charge in [-0.2, -0.15) is 0 Å². The zero-order valence-electron chi connectivity index (χ0n) is 33.7. The summed E-state index contributed by atoms with van der Waals surface area (Å²) in [4.78, 5) is 15.3. The lowest BCUT2D eigenvalue weighted by molar-refractivity contribution is 0.353. The highest BCUT2D eigenvalue weighted by atomic mass is 16.3. The molecule has 8 aromatic carbocycles. The topological polar surface area (TPSA) is 51.8 Å². The molecule has 0 N–H and O–H groups in total. The molecule has 0 unspecified atom stereocenters. The third-order valence-electron chi connectivity index (χ3n) is 13.2.